The van der Waals surface area contributed by atoms with Gasteiger partial charge in [-0.15, -0.1) is 0 Å². The van der Waals surface area contributed by atoms with Crippen molar-refractivity contribution in [2.75, 3.05) is 20.8 Å². The van der Waals surface area contributed by atoms with Crippen LogP contribution >= 0.6 is 11.6 Å². The lowest BCUT2D eigenvalue weighted by molar-refractivity contribution is 0.368. The lowest BCUT2D eigenvalue weighted by atomic mass is 9.78. The molecular formula is C14H20ClNO2. The topological polar surface area (TPSA) is 44.5 Å². The minimum atomic E-state index is 0.0151. The van der Waals surface area contributed by atoms with E-state index in [4.69, 9.17) is 26.8 Å². The number of methoxy groups -OCH3 is 2. The van der Waals surface area contributed by atoms with Gasteiger partial charge >= 0.3 is 0 Å². The maximum Gasteiger partial charge on any atom is 0.141 e. The number of hydrogen-bond acceptors (Lipinski definition) is 3. The number of ether oxygens (including phenoxy) is 2. The highest BCUT2D eigenvalue weighted by Crippen LogP contribution is 2.46. The van der Waals surface area contributed by atoms with Crippen LogP contribution in [-0.4, -0.2) is 20.8 Å². The summed E-state index contributed by atoms with van der Waals surface area (Å²) in [4.78, 5) is 0. The summed E-state index contributed by atoms with van der Waals surface area (Å²) in [6.07, 6.45) is 4.62. The van der Waals surface area contributed by atoms with Crippen LogP contribution in [0, 0.1) is 0 Å². The van der Waals surface area contributed by atoms with E-state index in [-0.39, 0.29) is 5.41 Å². The second-order valence-corrected chi connectivity index (χ2v) is 5.29. The van der Waals surface area contributed by atoms with E-state index >= 15 is 0 Å². The molecule has 100 valence electrons. The van der Waals surface area contributed by atoms with Gasteiger partial charge in [0.2, 0.25) is 0 Å². The molecule has 0 aromatic heterocycles. The summed E-state index contributed by atoms with van der Waals surface area (Å²) in [6, 6.07) is 3.81. The molecule has 2 rings (SSSR count). The van der Waals surface area contributed by atoms with Gasteiger partial charge in [0.1, 0.15) is 11.5 Å². The first-order chi connectivity index (χ1) is 8.66. The van der Waals surface area contributed by atoms with Crippen LogP contribution in [-0.2, 0) is 5.41 Å². The van der Waals surface area contributed by atoms with Crippen molar-refractivity contribution in [3.05, 3.63) is 22.7 Å². The fourth-order valence-corrected chi connectivity index (χ4v) is 3.15. The first-order valence-corrected chi connectivity index (χ1v) is 6.67. The lowest BCUT2D eigenvalue weighted by Crippen LogP contribution is -2.32. The molecule has 2 N–H and O–H groups in total. The molecule has 0 radical (unpaired) electrons. The predicted octanol–water partition coefficient (Wildman–Crippen LogP) is 3.13. The molecule has 1 aromatic rings. The summed E-state index contributed by atoms with van der Waals surface area (Å²) in [7, 11) is 3.28. The van der Waals surface area contributed by atoms with E-state index in [2.05, 4.69) is 0 Å². The molecule has 1 aromatic carbocycles. The van der Waals surface area contributed by atoms with Gasteiger partial charge in [-0.2, -0.15) is 0 Å². The third kappa shape index (κ3) is 2.17. The van der Waals surface area contributed by atoms with E-state index in [9.17, 15) is 0 Å². The quantitative estimate of drug-likeness (QED) is 0.913. The van der Waals surface area contributed by atoms with Gasteiger partial charge in [0.15, 0.2) is 0 Å². The van der Waals surface area contributed by atoms with Crippen molar-refractivity contribution in [2.24, 2.45) is 5.73 Å². The van der Waals surface area contributed by atoms with Gasteiger partial charge in [0.05, 0.1) is 19.2 Å². The van der Waals surface area contributed by atoms with Crippen molar-refractivity contribution in [1.29, 1.82) is 0 Å². The van der Waals surface area contributed by atoms with Crippen LogP contribution in [0.2, 0.25) is 5.02 Å². The molecule has 0 spiro atoms. The Kier molecular flexibility index (Phi) is 4.03. The Morgan fingerprint density at radius 3 is 2.28 bits per heavy atom. The number of nitrogens with two attached hydrogens (primary N) is 1. The van der Waals surface area contributed by atoms with Gasteiger partial charge in [0, 0.05) is 23.6 Å². The van der Waals surface area contributed by atoms with Crippen LogP contribution in [0.15, 0.2) is 12.1 Å². The summed E-state index contributed by atoms with van der Waals surface area (Å²) >= 11 is 6.23. The minimum Gasteiger partial charge on any atom is -0.496 e. The number of benzene rings is 1. The molecule has 0 bridgehead atoms. The standard InChI is InChI=1S/C14H20ClNO2/c1-17-12-8-13(18-2)11(15)7-10(12)14(9-16)5-3-4-6-14/h7-8H,3-6,9,16H2,1-2H3. The largest absolute Gasteiger partial charge is 0.496 e. The smallest absolute Gasteiger partial charge is 0.141 e. The zero-order valence-electron chi connectivity index (χ0n) is 11.0. The van der Waals surface area contributed by atoms with Gasteiger partial charge in [-0.1, -0.05) is 24.4 Å². The molecule has 4 heteroatoms. The third-order valence-corrected chi connectivity index (χ3v) is 4.29. The van der Waals surface area contributed by atoms with E-state index in [0.717, 1.165) is 24.2 Å². The van der Waals surface area contributed by atoms with Crippen molar-refractivity contribution in [1.82, 2.24) is 0 Å². The average Bonchev–Trinajstić information content (AvgIpc) is 2.88. The van der Waals surface area contributed by atoms with Crippen molar-refractivity contribution >= 4 is 11.6 Å². The van der Waals surface area contributed by atoms with Gasteiger partial charge in [-0.25, -0.2) is 0 Å². The van der Waals surface area contributed by atoms with E-state index in [1.165, 1.54) is 12.8 Å². The predicted molar refractivity (Wildman–Crippen MR) is 73.8 cm³/mol. The Balaban J connectivity index is 2.52. The maximum absolute atomic E-state index is 6.23. The molecule has 0 atom stereocenters. The van der Waals surface area contributed by atoms with Gasteiger partial charge < -0.3 is 15.2 Å². The molecule has 1 aliphatic carbocycles. The fourth-order valence-electron chi connectivity index (χ4n) is 2.91. The number of halogens is 1. The second-order valence-electron chi connectivity index (χ2n) is 4.88. The van der Waals surface area contributed by atoms with E-state index < -0.39 is 0 Å². The van der Waals surface area contributed by atoms with Gasteiger partial charge in [-0.05, 0) is 18.9 Å². The first-order valence-electron chi connectivity index (χ1n) is 6.29. The number of rotatable bonds is 4. The van der Waals surface area contributed by atoms with Crippen LogP contribution in [0.1, 0.15) is 31.2 Å². The van der Waals surface area contributed by atoms with Crippen LogP contribution in [0.25, 0.3) is 0 Å². The first kappa shape index (κ1) is 13.5. The van der Waals surface area contributed by atoms with Crippen molar-refractivity contribution in [3.63, 3.8) is 0 Å². The Morgan fingerprint density at radius 1 is 1.17 bits per heavy atom. The zero-order valence-corrected chi connectivity index (χ0v) is 11.7. The van der Waals surface area contributed by atoms with Crippen molar-refractivity contribution in [3.8, 4) is 11.5 Å². The molecule has 1 fully saturated rings. The van der Waals surface area contributed by atoms with E-state index in [0.29, 0.717) is 17.3 Å². The maximum atomic E-state index is 6.23. The Hall–Kier alpha value is -0.930. The molecule has 18 heavy (non-hydrogen) atoms. The van der Waals surface area contributed by atoms with Crippen LogP contribution in [0.5, 0.6) is 11.5 Å². The van der Waals surface area contributed by atoms with Crippen LogP contribution < -0.4 is 15.2 Å². The number of hydrogen-bond donors (Lipinski definition) is 1. The molecule has 0 amide bonds. The van der Waals surface area contributed by atoms with Crippen LogP contribution in [0.3, 0.4) is 0 Å². The highest BCUT2D eigenvalue weighted by atomic mass is 35.5. The third-order valence-electron chi connectivity index (χ3n) is 4.00. The molecule has 3 nitrogen and oxygen atoms in total. The molecule has 1 saturated carbocycles. The average molecular weight is 270 g/mol. The Morgan fingerprint density at radius 2 is 1.78 bits per heavy atom. The molecule has 0 aliphatic heterocycles. The monoisotopic (exact) mass is 269 g/mol. The van der Waals surface area contributed by atoms with Crippen LogP contribution in [0.4, 0.5) is 0 Å². The summed E-state index contributed by atoms with van der Waals surface area (Å²) in [5.74, 6) is 1.46. The van der Waals surface area contributed by atoms with Crippen molar-refractivity contribution in [2.45, 2.75) is 31.1 Å². The Bertz CT molecular complexity index is 428. The lowest BCUT2D eigenvalue weighted by Gasteiger charge is -2.30. The SMILES string of the molecule is COc1cc(OC)c(C2(CN)CCCC2)cc1Cl. The highest BCUT2D eigenvalue weighted by molar-refractivity contribution is 6.32. The second kappa shape index (κ2) is 5.37. The molecule has 1 aliphatic rings. The highest BCUT2D eigenvalue weighted by Gasteiger charge is 2.37. The normalized spacial score (nSPS) is 17.8. The zero-order chi connectivity index (χ0) is 13.2. The molecule has 0 unspecified atom stereocenters. The van der Waals surface area contributed by atoms with Gasteiger partial charge in [0.25, 0.3) is 0 Å². The van der Waals surface area contributed by atoms with E-state index in [1.54, 1.807) is 14.2 Å². The Labute approximate surface area is 113 Å². The summed E-state index contributed by atoms with van der Waals surface area (Å²) < 4.78 is 10.7. The summed E-state index contributed by atoms with van der Waals surface area (Å²) in [5, 5.41) is 0.619. The van der Waals surface area contributed by atoms with Crippen molar-refractivity contribution < 1.29 is 9.47 Å². The van der Waals surface area contributed by atoms with E-state index in [1.807, 2.05) is 12.1 Å². The fraction of sp³-hybridized carbons (Fsp3) is 0.571. The minimum absolute atomic E-state index is 0.0151. The molecular weight excluding hydrogens is 250 g/mol. The summed E-state index contributed by atoms with van der Waals surface area (Å²) in [6.45, 7) is 0.631. The molecule has 0 heterocycles. The molecule has 0 saturated heterocycles. The summed E-state index contributed by atoms with van der Waals surface area (Å²) in [5.41, 5.74) is 7.15. The van der Waals surface area contributed by atoms with Gasteiger partial charge in [-0.3, -0.25) is 0 Å².